The zero-order chi connectivity index (χ0) is 12.8. The lowest BCUT2D eigenvalue weighted by Crippen LogP contribution is -2.22. The molecular formula is C14H20O3. The average Bonchev–Trinajstić information content (AvgIpc) is 2.30. The van der Waals surface area contributed by atoms with Gasteiger partial charge < -0.3 is 9.84 Å². The lowest BCUT2D eigenvalue weighted by Gasteiger charge is -2.17. The van der Waals surface area contributed by atoms with E-state index in [9.17, 15) is 9.90 Å². The van der Waals surface area contributed by atoms with Crippen LogP contribution >= 0.6 is 0 Å². The highest BCUT2D eigenvalue weighted by atomic mass is 16.5. The fraction of sp³-hybridized carbons (Fsp3) is 0.500. The van der Waals surface area contributed by atoms with E-state index in [1.54, 1.807) is 7.11 Å². The van der Waals surface area contributed by atoms with Crippen molar-refractivity contribution in [2.75, 3.05) is 7.11 Å². The Labute approximate surface area is 102 Å². The van der Waals surface area contributed by atoms with Crippen molar-refractivity contribution in [3.05, 3.63) is 35.4 Å². The normalized spacial score (nSPS) is 14.3. The van der Waals surface area contributed by atoms with Gasteiger partial charge >= 0.3 is 5.97 Å². The summed E-state index contributed by atoms with van der Waals surface area (Å²) in [5, 5.41) is 9.21. The van der Waals surface area contributed by atoms with Gasteiger partial charge in [0.2, 0.25) is 0 Å². The van der Waals surface area contributed by atoms with E-state index in [1.807, 2.05) is 38.1 Å². The van der Waals surface area contributed by atoms with Crippen molar-refractivity contribution in [2.24, 2.45) is 5.92 Å². The molecule has 2 atom stereocenters. The fourth-order valence-electron chi connectivity index (χ4n) is 1.87. The van der Waals surface area contributed by atoms with Crippen LogP contribution in [0, 0.1) is 12.8 Å². The summed E-state index contributed by atoms with van der Waals surface area (Å²) in [7, 11) is 1.61. The molecule has 3 heteroatoms. The maximum atomic E-state index is 11.2. The van der Waals surface area contributed by atoms with E-state index in [1.165, 1.54) is 0 Å². The molecule has 0 aromatic heterocycles. The second kappa shape index (κ2) is 6.40. The van der Waals surface area contributed by atoms with Crippen LogP contribution in [0.25, 0.3) is 0 Å². The summed E-state index contributed by atoms with van der Waals surface area (Å²) in [6.45, 7) is 3.90. The Bertz CT molecular complexity index is 373. The third kappa shape index (κ3) is 4.19. The van der Waals surface area contributed by atoms with Gasteiger partial charge in [-0.15, -0.1) is 0 Å². The average molecular weight is 236 g/mol. The molecule has 1 N–H and O–H groups in total. The lowest BCUT2D eigenvalue weighted by atomic mass is 9.92. The highest BCUT2D eigenvalue weighted by molar-refractivity contribution is 5.70. The van der Waals surface area contributed by atoms with Gasteiger partial charge in [-0.3, -0.25) is 4.79 Å². The number of methoxy groups -OCH3 is 1. The van der Waals surface area contributed by atoms with Gasteiger partial charge in [0.1, 0.15) is 0 Å². The predicted molar refractivity (Wildman–Crippen MR) is 67.1 cm³/mol. The minimum atomic E-state index is -0.753. The van der Waals surface area contributed by atoms with Crippen molar-refractivity contribution >= 4 is 5.97 Å². The molecule has 1 aromatic carbocycles. The summed E-state index contributed by atoms with van der Waals surface area (Å²) in [5.74, 6) is -1.14. The first-order chi connectivity index (χ1) is 8.04. The smallest absolute Gasteiger partial charge is 0.306 e. The van der Waals surface area contributed by atoms with Gasteiger partial charge in [-0.1, -0.05) is 24.3 Å². The van der Waals surface area contributed by atoms with Crippen molar-refractivity contribution in [1.29, 1.82) is 0 Å². The number of hydrogen-bond acceptors (Lipinski definition) is 2. The molecular weight excluding hydrogens is 216 g/mol. The zero-order valence-corrected chi connectivity index (χ0v) is 10.6. The Morgan fingerprint density at radius 3 is 2.59 bits per heavy atom. The van der Waals surface area contributed by atoms with Crippen LogP contribution in [-0.4, -0.2) is 24.3 Å². The van der Waals surface area contributed by atoms with E-state index in [0.29, 0.717) is 12.8 Å². The van der Waals surface area contributed by atoms with Crippen LogP contribution in [0.15, 0.2) is 24.3 Å². The zero-order valence-electron chi connectivity index (χ0n) is 10.6. The minimum absolute atomic E-state index is 0.0277. The summed E-state index contributed by atoms with van der Waals surface area (Å²) in [6, 6.07) is 7.91. The van der Waals surface area contributed by atoms with Gasteiger partial charge in [0.15, 0.2) is 0 Å². The van der Waals surface area contributed by atoms with E-state index in [4.69, 9.17) is 4.74 Å². The van der Waals surface area contributed by atoms with Gasteiger partial charge in [-0.25, -0.2) is 0 Å². The molecule has 17 heavy (non-hydrogen) atoms. The number of carboxylic acid groups (broad SMARTS) is 1. The number of benzene rings is 1. The molecule has 0 amide bonds. The molecule has 0 aliphatic carbocycles. The van der Waals surface area contributed by atoms with Crippen LogP contribution in [0.3, 0.4) is 0 Å². The molecule has 0 radical (unpaired) electrons. The topological polar surface area (TPSA) is 46.5 Å². The van der Waals surface area contributed by atoms with Gasteiger partial charge in [0.25, 0.3) is 0 Å². The van der Waals surface area contributed by atoms with E-state index in [0.717, 1.165) is 11.1 Å². The molecule has 0 aliphatic heterocycles. The lowest BCUT2D eigenvalue weighted by molar-refractivity contribution is -0.142. The van der Waals surface area contributed by atoms with Gasteiger partial charge in [0.05, 0.1) is 12.0 Å². The van der Waals surface area contributed by atoms with Crippen molar-refractivity contribution in [3.63, 3.8) is 0 Å². The van der Waals surface area contributed by atoms with Crippen LogP contribution in [-0.2, 0) is 16.0 Å². The molecule has 0 aliphatic rings. The summed E-state index contributed by atoms with van der Waals surface area (Å²) >= 11 is 0. The monoisotopic (exact) mass is 236 g/mol. The van der Waals surface area contributed by atoms with Crippen molar-refractivity contribution in [1.82, 2.24) is 0 Å². The predicted octanol–water partition coefficient (Wildman–Crippen LogP) is 2.66. The number of carbonyl (C=O) groups is 1. The van der Waals surface area contributed by atoms with Crippen LogP contribution in [0.2, 0.25) is 0 Å². The summed E-state index contributed by atoms with van der Waals surface area (Å²) in [6.07, 6.45) is 1.08. The minimum Gasteiger partial charge on any atom is -0.481 e. The maximum Gasteiger partial charge on any atom is 0.306 e. The second-order valence-corrected chi connectivity index (χ2v) is 4.45. The number of aliphatic carboxylic acids is 1. The number of aryl methyl sites for hydroxylation is 1. The molecule has 0 saturated carbocycles. The molecule has 94 valence electrons. The molecule has 1 rings (SSSR count). The first kappa shape index (κ1) is 13.7. The summed E-state index contributed by atoms with van der Waals surface area (Å²) in [4.78, 5) is 11.2. The number of carboxylic acids is 1. The van der Waals surface area contributed by atoms with E-state index >= 15 is 0 Å². The fourth-order valence-corrected chi connectivity index (χ4v) is 1.87. The third-order valence-corrected chi connectivity index (χ3v) is 3.10. The quantitative estimate of drug-likeness (QED) is 0.826. The van der Waals surface area contributed by atoms with E-state index < -0.39 is 5.97 Å². The maximum absolute atomic E-state index is 11.2. The Morgan fingerprint density at radius 2 is 2.06 bits per heavy atom. The number of rotatable bonds is 6. The summed E-state index contributed by atoms with van der Waals surface area (Å²) in [5.41, 5.74) is 2.24. The largest absolute Gasteiger partial charge is 0.481 e. The standard InChI is InChI=1S/C14H20O3/c1-10-6-4-5-7-12(10)9-13(14(15)16)8-11(2)17-3/h4-7,11,13H,8-9H2,1-3H3,(H,15,16). The second-order valence-electron chi connectivity index (χ2n) is 4.45. The Balaban J connectivity index is 2.74. The summed E-state index contributed by atoms with van der Waals surface area (Å²) < 4.78 is 5.14. The van der Waals surface area contributed by atoms with Crippen LogP contribution in [0.4, 0.5) is 0 Å². The third-order valence-electron chi connectivity index (χ3n) is 3.10. The molecule has 0 spiro atoms. The van der Waals surface area contributed by atoms with Crippen LogP contribution in [0.1, 0.15) is 24.5 Å². The van der Waals surface area contributed by atoms with Crippen molar-refractivity contribution in [2.45, 2.75) is 32.8 Å². The molecule has 2 unspecified atom stereocenters. The van der Waals surface area contributed by atoms with Crippen molar-refractivity contribution in [3.8, 4) is 0 Å². The highest BCUT2D eigenvalue weighted by Crippen LogP contribution is 2.18. The Morgan fingerprint density at radius 1 is 1.41 bits per heavy atom. The van der Waals surface area contributed by atoms with Crippen molar-refractivity contribution < 1.29 is 14.6 Å². The van der Waals surface area contributed by atoms with Gasteiger partial charge in [0, 0.05) is 7.11 Å². The molecule has 3 nitrogen and oxygen atoms in total. The van der Waals surface area contributed by atoms with Gasteiger partial charge in [-0.05, 0) is 37.8 Å². The molecule has 0 bridgehead atoms. The Kier molecular flexibility index (Phi) is 5.16. The number of hydrogen-bond donors (Lipinski definition) is 1. The highest BCUT2D eigenvalue weighted by Gasteiger charge is 2.21. The molecule has 1 aromatic rings. The van der Waals surface area contributed by atoms with Crippen LogP contribution < -0.4 is 0 Å². The van der Waals surface area contributed by atoms with E-state index in [-0.39, 0.29) is 12.0 Å². The van der Waals surface area contributed by atoms with Crippen LogP contribution in [0.5, 0.6) is 0 Å². The first-order valence-electron chi connectivity index (χ1n) is 5.84. The first-order valence-corrected chi connectivity index (χ1v) is 5.84. The molecule has 0 saturated heterocycles. The SMILES string of the molecule is COC(C)CC(Cc1ccccc1C)C(=O)O. The molecule has 0 fully saturated rings. The Hall–Kier alpha value is -1.35. The van der Waals surface area contributed by atoms with Gasteiger partial charge in [-0.2, -0.15) is 0 Å². The van der Waals surface area contributed by atoms with E-state index in [2.05, 4.69) is 0 Å². The number of ether oxygens (including phenoxy) is 1. The molecule has 0 heterocycles.